The van der Waals surface area contributed by atoms with Crippen LogP contribution in [0.15, 0.2) is 36.7 Å². The molecular formula is C11H12N3O4+. The molecule has 0 spiro atoms. The molecule has 0 aliphatic carbocycles. The van der Waals surface area contributed by atoms with Gasteiger partial charge in [-0.15, -0.1) is 10.1 Å². The van der Waals surface area contributed by atoms with Crippen molar-refractivity contribution in [3.63, 3.8) is 0 Å². The minimum Gasteiger partial charge on any atom is -0.352 e. The zero-order valence-corrected chi connectivity index (χ0v) is 9.70. The summed E-state index contributed by atoms with van der Waals surface area (Å²) in [6, 6.07) is 7.10. The number of nitrogens with zero attached hydrogens (tertiary/aromatic N) is 2. The summed E-state index contributed by atoms with van der Waals surface area (Å²) in [6.07, 6.45) is 2.17. The predicted molar refractivity (Wildman–Crippen MR) is 65.0 cm³/mol. The van der Waals surface area contributed by atoms with Crippen molar-refractivity contribution in [1.29, 1.82) is 0 Å². The molecule has 2 rings (SSSR count). The molecule has 1 amide bonds. The van der Waals surface area contributed by atoms with Crippen molar-refractivity contribution in [2.75, 3.05) is 11.9 Å². The van der Waals surface area contributed by atoms with E-state index < -0.39 is 11.2 Å². The number of hydrogen-bond donors (Lipinski definition) is 1. The van der Waals surface area contributed by atoms with E-state index in [1.54, 1.807) is 31.3 Å². The maximum atomic E-state index is 12.0. The standard InChI is InChI=1S/C11H12N3O4/c1-2-14(11(15)18-13(16)17)8-7-12-9-5-3-4-6-10(9)14/h3-8,12H,2H2,1H3/q+1. The Balaban J connectivity index is 2.49. The zero-order chi connectivity index (χ0) is 13.2. The molecule has 0 radical (unpaired) electrons. The Labute approximate surface area is 103 Å². The molecule has 0 fully saturated rings. The molecule has 1 heterocycles. The lowest BCUT2D eigenvalue weighted by Gasteiger charge is -2.32. The highest BCUT2D eigenvalue weighted by Gasteiger charge is 2.42. The van der Waals surface area contributed by atoms with Crippen LogP contribution in [-0.4, -0.2) is 17.7 Å². The van der Waals surface area contributed by atoms with Crippen LogP contribution < -0.4 is 9.80 Å². The summed E-state index contributed by atoms with van der Waals surface area (Å²) in [5, 5.41) is 12.2. The fourth-order valence-corrected chi connectivity index (χ4v) is 1.98. The summed E-state index contributed by atoms with van der Waals surface area (Å²) in [5.74, 6) is 0. The first-order valence-electron chi connectivity index (χ1n) is 5.38. The number of para-hydroxylation sites is 2. The van der Waals surface area contributed by atoms with Gasteiger partial charge in [0.1, 0.15) is 11.9 Å². The van der Waals surface area contributed by atoms with Gasteiger partial charge in [0.05, 0.1) is 12.7 Å². The zero-order valence-electron chi connectivity index (χ0n) is 9.70. The maximum Gasteiger partial charge on any atom is 0.506 e. The van der Waals surface area contributed by atoms with Gasteiger partial charge in [0.15, 0.2) is 5.69 Å². The number of benzene rings is 1. The fourth-order valence-electron chi connectivity index (χ4n) is 1.98. The molecule has 1 unspecified atom stereocenters. The van der Waals surface area contributed by atoms with Crippen LogP contribution in [0, 0.1) is 10.1 Å². The lowest BCUT2D eigenvalue weighted by Crippen LogP contribution is -2.51. The largest absolute Gasteiger partial charge is 0.506 e. The van der Waals surface area contributed by atoms with E-state index in [-0.39, 0.29) is 4.48 Å². The van der Waals surface area contributed by atoms with Gasteiger partial charge in [-0.25, -0.2) is 0 Å². The SMILES string of the molecule is CC[N+]1(C(=O)O[N+](=O)[O-])C=CNc2ccccc21. The van der Waals surface area contributed by atoms with Crippen molar-refractivity contribution in [3.05, 3.63) is 46.8 Å². The van der Waals surface area contributed by atoms with Gasteiger partial charge < -0.3 is 5.32 Å². The first kappa shape index (κ1) is 12.1. The number of carbonyl (C=O) groups is 1. The summed E-state index contributed by atoms with van der Waals surface area (Å²) in [4.78, 5) is 26.4. The first-order valence-corrected chi connectivity index (χ1v) is 5.38. The fraction of sp³-hybridized carbons (Fsp3) is 0.182. The second-order valence-electron chi connectivity index (χ2n) is 3.74. The predicted octanol–water partition coefficient (Wildman–Crippen LogP) is 2.24. The number of quaternary nitrogens is 1. The van der Waals surface area contributed by atoms with Gasteiger partial charge >= 0.3 is 11.2 Å². The summed E-state index contributed by atoms with van der Waals surface area (Å²) >= 11 is 0. The van der Waals surface area contributed by atoms with E-state index in [0.29, 0.717) is 12.2 Å². The van der Waals surface area contributed by atoms with Crippen molar-refractivity contribution >= 4 is 17.5 Å². The molecule has 0 bridgehead atoms. The van der Waals surface area contributed by atoms with E-state index in [9.17, 15) is 14.9 Å². The Kier molecular flexibility index (Phi) is 2.99. The molecule has 1 aliphatic rings. The number of hydrogen-bond acceptors (Lipinski definition) is 5. The normalized spacial score (nSPS) is 20.7. The smallest absolute Gasteiger partial charge is 0.352 e. The minimum atomic E-state index is -1.09. The quantitative estimate of drug-likeness (QED) is 0.494. The van der Waals surface area contributed by atoms with E-state index in [2.05, 4.69) is 10.2 Å². The lowest BCUT2D eigenvalue weighted by atomic mass is 10.2. The molecule has 1 N–H and O–H groups in total. The van der Waals surface area contributed by atoms with Gasteiger partial charge in [-0.05, 0) is 13.0 Å². The Morgan fingerprint density at radius 1 is 1.50 bits per heavy atom. The molecule has 1 aromatic rings. The van der Waals surface area contributed by atoms with Crippen molar-refractivity contribution in [2.24, 2.45) is 0 Å². The van der Waals surface area contributed by atoms with Crippen molar-refractivity contribution < 1.29 is 14.7 Å². The molecule has 0 aromatic heterocycles. The Morgan fingerprint density at radius 2 is 2.22 bits per heavy atom. The summed E-state index contributed by atoms with van der Waals surface area (Å²) < 4.78 is -0.343. The highest BCUT2D eigenvalue weighted by molar-refractivity contribution is 5.90. The average Bonchev–Trinajstić information content (AvgIpc) is 2.37. The topological polar surface area (TPSA) is 81.5 Å². The summed E-state index contributed by atoms with van der Waals surface area (Å²) in [5.41, 5.74) is 1.34. The molecule has 18 heavy (non-hydrogen) atoms. The molecule has 7 heteroatoms. The Morgan fingerprint density at radius 3 is 2.89 bits per heavy atom. The van der Waals surface area contributed by atoms with Crippen molar-refractivity contribution in [2.45, 2.75) is 6.92 Å². The van der Waals surface area contributed by atoms with Crippen LogP contribution in [0.5, 0.6) is 0 Å². The molecule has 1 atom stereocenters. The van der Waals surface area contributed by atoms with E-state index in [0.717, 1.165) is 5.69 Å². The lowest BCUT2D eigenvalue weighted by molar-refractivity contribution is -0.728. The number of anilines is 1. The number of carbonyl (C=O) groups excluding carboxylic acids is 1. The first-order chi connectivity index (χ1) is 8.60. The molecular weight excluding hydrogens is 238 g/mol. The molecule has 7 nitrogen and oxygen atoms in total. The van der Waals surface area contributed by atoms with E-state index in [1.165, 1.54) is 6.20 Å². The summed E-state index contributed by atoms with van der Waals surface area (Å²) in [6.45, 7) is 2.08. The van der Waals surface area contributed by atoms with Gasteiger partial charge in [-0.2, -0.15) is 14.1 Å². The molecule has 1 aliphatic heterocycles. The third kappa shape index (κ3) is 1.80. The second-order valence-corrected chi connectivity index (χ2v) is 3.74. The van der Waals surface area contributed by atoms with Crippen LogP contribution in [0.1, 0.15) is 6.92 Å². The van der Waals surface area contributed by atoms with Crippen LogP contribution in [-0.2, 0) is 4.84 Å². The van der Waals surface area contributed by atoms with Gasteiger partial charge in [0.25, 0.3) is 0 Å². The van der Waals surface area contributed by atoms with Gasteiger partial charge in [-0.1, -0.05) is 12.1 Å². The van der Waals surface area contributed by atoms with Gasteiger partial charge in [0.2, 0.25) is 0 Å². The minimum absolute atomic E-state index is 0.321. The van der Waals surface area contributed by atoms with Crippen LogP contribution in [0.25, 0.3) is 0 Å². The Hall–Kier alpha value is -2.41. The van der Waals surface area contributed by atoms with Crippen molar-refractivity contribution in [1.82, 2.24) is 4.48 Å². The Bertz CT molecular complexity index is 529. The van der Waals surface area contributed by atoms with Crippen LogP contribution >= 0.6 is 0 Å². The molecule has 94 valence electrons. The van der Waals surface area contributed by atoms with Crippen LogP contribution in [0.2, 0.25) is 0 Å². The number of amides is 1. The van der Waals surface area contributed by atoms with E-state index in [4.69, 9.17) is 0 Å². The van der Waals surface area contributed by atoms with Gasteiger partial charge in [0, 0.05) is 6.07 Å². The molecule has 0 saturated carbocycles. The van der Waals surface area contributed by atoms with Crippen LogP contribution in [0.4, 0.5) is 16.2 Å². The summed E-state index contributed by atoms with van der Waals surface area (Å²) in [7, 11) is 0. The number of fused-ring (bicyclic) bond motifs is 1. The maximum absolute atomic E-state index is 12.0. The van der Waals surface area contributed by atoms with Gasteiger partial charge in [-0.3, -0.25) is 0 Å². The highest BCUT2D eigenvalue weighted by Crippen LogP contribution is 2.35. The third-order valence-corrected chi connectivity index (χ3v) is 2.88. The number of rotatable bonds is 2. The highest BCUT2D eigenvalue weighted by atomic mass is 17.0. The monoisotopic (exact) mass is 250 g/mol. The van der Waals surface area contributed by atoms with E-state index >= 15 is 0 Å². The number of nitrogens with one attached hydrogen (secondary N) is 1. The van der Waals surface area contributed by atoms with E-state index in [1.807, 2.05) is 6.07 Å². The van der Waals surface area contributed by atoms with Crippen LogP contribution in [0.3, 0.4) is 0 Å². The second kappa shape index (κ2) is 4.46. The van der Waals surface area contributed by atoms with Crippen molar-refractivity contribution in [3.8, 4) is 0 Å². The molecule has 1 aromatic carbocycles. The third-order valence-electron chi connectivity index (χ3n) is 2.88. The average molecular weight is 250 g/mol. The molecule has 0 saturated heterocycles.